The van der Waals surface area contributed by atoms with Crippen LogP contribution in [0.15, 0.2) is 23.4 Å². The van der Waals surface area contributed by atoms with E-state index in [0.29, 0.717) is 42.1 Å². The summed E-state index contributed by atoms with van der Waals surface area (Å²) in [7, 11) is 3.01. The molecular weight excluding hydrogens is 380 g/mol. The fourth-order valence-corrected chi connectivity index (χ4v) is 3.44. The van der Waals surface area contributed by atoms with Gasteiger partial charge in [-0.25, -0.2) is 9.97 Å². The van der Waals surface area contributed by atoms with Crippen molar-refractivity contribution in [3.8, 4) is 11.8 Å². The first-order valence-electron chi connectivity index (χ1n) is 8.87. The number of nitrogens with two attached hydrogens (primary N) is 1. The maximum Gasteiger partial charge on any atom is 0.259 e. The van der Waals surface area contributed by atoms with E-state index in [1.54, 1.807) is 18.2 Å². The third kappa shape index (κ3) is 4.38. The number of anilines is 2. The average Bonchev–Trinajstić information content (AvgIpc) is 2.98. The number of ether oxygens (including phenoxy) is 2. The zero-order chi connectivity index (χ0) is 20.1. The first kappa shape index (κ1) is 20.0. The molecule has 3 rings (SSSR count). The third-order valence-electron chi connectivity index (χ3n) is 4.47. The zero-order valence-electron chi connectivity index (χ0n) is 16.2. The topological polar surface area (TPSA) is 107 Å². The summed E-state index contributed by atoms with van der Waals surface area (Å²) in [6.45, 7) is 2.64. The van der Waals surface area contributed by atoms with Crippen LogP contribution < -0.4 is 20.1 Å². The molecule has 0 aromatic carbocycles. The van der Waals surface area contributed by atoms with E-state index in [0.717, 1.165) is 18.8 Å². The zero-order valence-corrected chi connectivity index (χ0v) is 17.0. The number of rotatable bonds is 5. The van der Waals surface area contributed by atoms with Crippen molar-refractivity contribution >= 4 is 29.3 Å². The number of nitrogen functional groups attached to an aromatic ring is 1. The van der Waals surface area contributed by atoms with E-state index in [2.05, 4.69) is 19.9 Å². The fraction of sp³-hybridized carbons (Fsp3) is 0.444. The van der Waals surface area contributed by atoms with Gasteiger partial charge in [0.05, 0.1) is 14.2 Å². The van der Waals surface area contributed by atoms with E-state index in [9.17, 15) is 4.79 Å². The number of methoxy groups -OCH3 is 2. The highest BCUT2D eigenvalue weighted by atomic mass is 32.2. The van der Waals surface area contributed by atoms with Gasteiger partial charge in [-0.05, 0) is 18.7 Å². The summed E-state index contributed by atoms with van der Waals surface area (Å²) in [5.41, 5.74) is 6.32. The van der Waals surface area contributed by atoms with E-state index in [-0.39, 0.29) is 11.8 Å². The Kier molecular flexibility index (Phi) is 6.40. The second-order valence-electron chi connectivity index (χ2n) is 6.18. The summed E-state index contributed by atoms with van der Waals surface area (Å²) in [5, 5.41) is 0.640. The van der Waals surface area contributed by atoms with Gasteiger partial charge < -0.3 is 25.0 Å². The van der Waals surface area contributed by atoms with Crippen LogP contribution >= 0.6 is 11.8 Å². The lowest BCUT2D eigenvalue weighted by Gasteiger charge is -2.23. The van der Waals surface area contributed by atoms with Crippen molar-refractivity contribution in [2.75, 3.05) is 57.3 Å². The Morgan fingerprint density at radius 1 is 1.11 bits per heavy atom. The van der Waals surface area contributed by atoms with Crippen LogP contribution in [0.4, 0.5) is 11.6 Å². The minimum atomic E-state index is -0.110. The van der Waals surface area contributed by atoms with Crippen LogP contribution in [-0.4, -0.2) is 72.4 Å². The van der Waals surface area contributed by atoms with Crippen LogP contribution in [0.3, 0.4) is 0 Å². The van der Waals surface area contributed by atoms with Crippen molar-refractivity contribution in [3.05, 3.63) is 23.8 Å². The number of hydrogen-bond donors (Lipinski definition) is 1. The number of carbonyl (C=O) groups is 1. The second-order valence-corrected chi connectivity index (χ2v) is 6.95. The number of nitrogens with zero attached hydrogens (tertiary/aromatic N) is 5. The van der Waals surface area contributed by atoms with Crippen molar-refractivity contribution in [1.82, 2.24) is 19.9 Å². The van der Waals surface area contributed by atoms with E-state index in [1.807, 2.05) is 11.2 Å². The first-order valence-corrected chi connectivity index (χ1v) is 10.1. The Morgan fingerprint density at radius 2 is 1.93 bits per heavy atom. The highest BCUT2D eigenvalue weighted by molar-refractivity contribution is 7.98. The highest BCUT2D eigenvalue weighted by Gasteiger charge is 2.24. The van der Waals surface area contributed by atoms with Gasteiger partial charge in [-0.15, -0.1) is 0 Å². The van der Waals surface area contributed by atoms with Crippen LogP contribution in [0.5, 0.6) is 11.8 Å². The van der Waals surface area contributed by atoms with Crippen LogP contribution in [-0.2, 0) is 0 Å². The number of thioether (sulfide) groups is 1. The lowest BCUT2D eigenvalue weighted by atomic mass is 10.2. The van der Waals surface area contributed by atoms with Gasteiger partial charge in [0.25, 0.3) is 5.91 Å². The molecule has 2 N–H and O–H groups in total. The molecule has 9 nitrogen and oxygen atoms in total. The van der Waals surface area contributed by atoms with Crippen LogP contribution in [0.25, 0.3) is 0 Å². The predicted molar refractivity (Wildman–Crippen MR) is 108 cm³/mol. The van der Waals surface area contributed by atoms with Crippen molar-refractivity contribution in [2.24, 2.45) is 0 Å². The van der Waals surface area contributed by atoms with Gasteiger partial charge >= 0.3 is 0 Å². The summed E-state index contributed by atoms with van der Waals surface area (Å²) >= 11 is 1.45. The Balaban J connectivity index is 1.75. The summed E-state index contributed by atoms with van der Waals surface area (Å²) in [5.74, 6) is 1.79. The average molecular weight is 404 g/mol. The molecule has 0 atom stereocenters. The molecule has 0 saturated carbocycles. The standard InChI is InChI=1S/C18H24N6O3S/c1-26-15-6-5-12(16(22-15)27-2)17(25)24-8-4-7-23(9-10-24)14-11-13(19)20-18(21-14)28-3/h5-6,11H,4,7-10H2,1-3H3,(H2,19,20,21). The fourth-order valence-electron chi connectivity index (χ4n) is 3.06. The Bertz CT molecular complexity index is 850. The molecule has 150 valence electrons. The van der Waals surface area contributed by atoms with Crippen molar-refractivity contribution in [1.29, 1.82) is 0 Å². The lowest BCUT2D eigenvalue weighted by molar-refractivity contribution is 0.0762. The Labute approximate surface area is 168 Å². The first-order chi connectivity index (χ1) is 13.5. The van der Waals surface area contributed by atoms with Gasteiger partial charge in [-0.1, -0.05) is 11.8 Å². The van der Waals surface area contributed by atoms with E-state index >= 15 is 0 Å². The molecule has 28 heavy (non-hydrogen) atoms. The van der Waals surface area contributed by atoms with Crippen molar-refractivity contribution in [3.63, 3.8) is 0 Å². The molecule has 2 aromatic rings. The number of amides is 1. The van der Waals surface area contributed by atoms with Gasteiger partial charge in [0.2, 0.25) is 11.8 Å². The number of carbonyl (C=O) groups excluding carboxylic acids is 1. The largest absolute Gasteiger partial charge is 0.481 e. The van der Waals surface area contributed by atoms with Gasteiger partial charge in [0.1, 0.15) is 17.2 Å². The molecule has 1 aliphatic heterocycles. The molecule has 1 saturated heterocycles. The summed E-state index contributed by atoms with van der Waals surface area (Å²) in [6.07, 6.45) is 2.73. The molecule has 1 fully saturated rings. The Hall–Kier alpha value is -2.75. The molecule has 0 unspecified atom stereocenters. The second kappa shape index (κ2) is 8.96. The maximum absolute atomic E-state index is 13.0. The maximum atomic E-state index is 13.0. The molecule has 3 heterocycles. The smallest absolute Gasteiger partial charge is 0.259 e. The molecule has 10 heteroatoms. The molecular formula is C18H24N6O3S. The molecule has 2 aromatic heterocycles. The molecule has 1 aliphatic rings. The van der Waals surface area contributed by atoms with Crippen LogP contribution in [0.1, 0.15) is 16.8 Å². The van der Waals surface area contributed by atoms with Gasteiger partial charge in [-0.3, -0.25) is 4.79 Å². The monoisotopic (exact) mass is 404 g/mol. The quantitative estimate of drug-likeness (QED) is 0.586. The number of hydrogen-bond acceptors (Lipinski definition) is 9. The van der Waals surface area contributed by atoms with Gasteiger partial charge in [0, 0.05) is 38.3 Å². The molecule has 0 radical (unpaired) electrons. The lowest BCUT2D eigenvalue weighted by Crippen LogP contribution is -2.35. The van der Waals surface area contributed by atoms with Crippen molar-refractivity contribution in [2.45, 2.75) is 11.6 Å². The van der Waals surface area contributed by atoms with Crippen LogP contribution in [0, 0.1) is 0 Å². The number of aromatic nitrogens is 3. The van der Waals surface area contributed by atoms with E-state index in [4.69, 9.17) is 15.2 Å². The van der Waals surface area contributed by atoms with Crippen LogP contribution in [0.2, 0.25) is 0 Å². The minimum absolute atomic E-state index is 0.110. The van der Waals surface area contributed by atoms with Crippen molar-refractivity contribution < 1.29 is 14.3 Å². The number of pyridine rings is 1. The molecule has 1 amide bonds. The molecule has 0 aliphatic carbocycles. The SMILES string of the molecule is COc1ccc(C(=O)N2CCCN(c3cc(N)nc(SC)n3)CC2)c(OC)n1. The van der Waals surface area contributed by atoms with E-state index < -0.39 is 0 Å². The summed E-state index contributed by atoms with van der Waals surface area (Å²) in [4.78, 5) is 29.9. The summed E-state index contributed by atoms with van der Waals surface area (Å²) in [6, 6.07) is 5.12. The van der Waals surface area contributed by atoms with E-state index in [1.165, 1.54) is 26.0 Å². The third-order valence-corrected chi connectivity index (χ3v) is 5.02. The van der Waals surface area contributed by atoms with Gasteiger partial charge in [-0.2, -0.15) is 4.98 Å². The van der Waals surface area contributed by atoms with Gasteiger partial charge in [0.15, 0.2) is 5.16 Å². The minimum Gasteiger partial charge on any atom is -0.481 e. The highest BCUT2D eigenvalue weighted by Crippen LogP contribution is 2.23. The molecule has 0 spiro atoms. The summed E-state index contributed by atoms with van der Waals surface area (Å²) < 4.78 is 10.4. The molecule has 0 bridgehead atoms. The Morgan fingerprint density at radius 3 is 2.64 bits per heavy atom. The predicted octanol–water partition coefficient (Wildman–Crippen LogP) is 1.55. The normalized spacial score (nSPS) is 14.5.